The van der Waals surface area contributed by atoms with Crippen molar-refractivity contribution in [3.05, 3.63) is 86.1 Å². The molecule has 8 nitrogen and oxygen atoms in total. The highest BCUT2D eigenvalue weighted by Crippen LogP contribution is 2.24. The van der Waals surface area contributed by atoms with Gasteiger partial charge in [0.2, 0.25) is 5.91 Å². The Hall–Kier alpha value is -3.30. The summed E-state index contributed by atoms with van der Waals surface area (Å²) in [5, 5.41) is 0. The predicted molar refractivity (Wildman–Crippen MR) is 137 cm³/mol. The topological polar surface area (TPSA) is 110 Å². The van der Waals surface area contributed by atoms with Crippen LogP contribution in [-0.2, 0) is 16.1 Å². The molecule has 0 aliphatic rings. The number of nitrogens with zero attached hydrogens (tertiary/aromatic N) is 2. The molecule has 3 N–H and O–H groups in total. The Morgan fingerprint density at radius 1 is 1.12 bits per heavy atom. The zero-order chi connectivity index (χ0) is 24.7. The van der Waals surface area contributed by atoms with Crippen LogP contribution in [0.25, 0.3) is 0 Å². The van der Waals surface area contributed by atoms with Crippen LogP contribution in [0.1, 0.15) is 23.1 Å². The normalized spacial score (nSPS) is 10.9. The first-order valence-electron chi connectivity index (χ1n) is 11.0. The summed E-state index contributed by atoms with van der Waals surface area (Å²) < 4.78 is 6.41. The van der Waals surface area contributed by atoms with Crippen molar-refractivity contribution in [3.8, 4) is 0 Å². The van der Waals surface area contributed by atoms with Crippen molar-refractivity contribution in [2.45, 2.75) is 31.7 Å². The van der Waals surface area contributed by atoms with Gasteiger partial charge in [0.15, 0.2) is 5.69 Å². The zero-order valence-electron chi connectivity index (χ0n) is 19.7. The highest BCUT2D eigenvalue weighted by atomic mass is 32.2. The van der Waals surface area contributed by atoms with E-state index in [4.69, 9.17) is 10.5 Å². The quantitative estimate of drug-likeness (QED) is 0.340. The lowest BCUT2D eigenvalue weighted by Crippen LogP contribution is -2.42. The number of hydrogen-bond donors (Lipinski definition) is 2. The highest BCUT2D eigenvalue weighted by molar-refractivity contribution is 8.00. The highest BCUT2D eigenvalue weighted by Gasteiger charge is 2.24. The number of methoxy groups -OCH3 is 1. The molecule has 0 fully saturated rings. The fourth-order valence-electron chi connectivity index (χ4n) is 3.52. The van der Waals surface area contributed by atoms with Gasteiger partial charge >= 0.3 is 5.69 Å². The number of nitrogens with two attached hydrogens (primary N) is 1. The number of thioether (sulfide) groups is 1. The molecule has 34 heavy (non-hydrogen) atoms. The van der Waals surface area contributed by atoms with Crippen molar-refractivity contribution < 1.29 is 9.53 Å². The number of aromatic nitrogens is 2. The second-order valence-electron chi connectivity index (χ2n) is 7.99. The van der Waals surface area contributed by atoms with E-state index in [2.05, 4.69) is 4.98 Å². The number of nitrogen functional groups attached to an aromatic ring is 1. The number of H-pyrrole nitrogens is 1. The number of carbonyl (C=O) groups is 1. The van der Waals surface area contributed by atoms with Gasteiger partial charge in [0.1, 0.15) is 5.82 Å². The lowest BCUT2D eigenvalue weighted by Gasteiger charge is -2.24. The lowest BCUT2D eigenvalue weighted by molar-refractivity contribution is -0.116. The summed E-state index contributed by atoms with van der Waals surface area (Å²) in [6.07, 6.45) is 0.507. The number of rotatable bonds is 10. The van der Waals surface area contributed by atoms with E-state index in [-0.39, 0.29) is 36.3 Å². The van der Waals surface area contributed by atoms with Crippen molar-refractivity contribution >= 4 is 29.2 Å². The van der Waals surface area contributed by atoms with E-state index in [1.54, 1.807) is 7.11 Å². The van der Waals surface area contributed by atoms with E-state index in [0.29, 0.717) is 13.0 Å². The number of benzene rings is 2. The first-order valence-corrected chi connectivity index (χ1v) is 12.0. The first kappa shape index (κ1) is 25.3. The average molecular weight is 483 g/mol. The first-order chi connectivity index (χ1) is 16.3. The molecule has 0 bridgehead atoms. The minimum absolute atomic E-state index is 0.0164. The number of aromatic amines is 1. The van der Waals surface area contributed by atoms with Gasteiger partial charge in [0.05, 0.1) is 12.3 Å². The molecule has 1 amide bonds. The van der Waals surface area contributed by atoms with Crippen molar-refractivity contribution in [2.75, 3.05) is 36.6 Å². The summed E-state index contributed by atoms with van der Waals surface area (Å²) in [6, 6.07) is 15.3. The van der Waals surface area contributed by atoms with Gasteiger partial charge in [0, 0.05) is 25.2 Å². The Labute approximate surface area is 202 Å². The Balaban J connectivity index is 1.93. The van der Waals surface area contributed by atoms with Crippen molar-refractivity contribution in [2.24, 2.45) is 0 Å². The fourth-order valence-corrected chi connectivity index (χ4v) is 4.39. The van der Waals surface area contributed by atoms with E-state index in [0.717, 1.165) is 16.0 Å². The molecule has 0 aliphatic heterocycles. The molecule has 0 spiro atoms. The predicted octanol–water partition coefficient (Wildman–Crippen LogP) is 2.95. The van der Waals surface area contributed by atoms with E-state index >= 15 is 0 Å². The largest absolute Gasteiger partial charge is 0.385 e. The van der Waals surface area contributed by atoms with Crippen LogP contribution in [0.2, 0.25) is 0 Å². The second kappa shape index (κ2) is 11.7. The van der Waals surface area contributed by atoms with E-state index < -0.39 is 11.2 Å². The molecule has 0 aliphatic carbocycles. The number of nitrogens with one attached hydrogen (secondary N) is 1. The molecule has 0 unspecified atom stereocenters. The molecule has 3 aromatic rings. The molecule has 1 heterocycles. The Bertz CT molecular complexity index is 1250. The van der Waals surface area contributed by atoms with Gasteiger partial charge in [-0.2, -0.15) is 0 Å². The van der Waals surface area contributed by atoms with Crippen LogP contribution < -0.4 is 21.9 Å². The number of hydrogen-bond acceptors (Lipinski definition) is 6. The number of anilines is 2. The maximum atomic E-state index is 13.3. The Kier molecular flexibility index (Phi) is 8.72. The van der Waals surface area contributed by atoms with Crippen LogP contribution in [0.3, 0.4) is 0 Å². The van der Waals surface area contributed by atoms with Gasteiger partial charge in [-0.1, -0.05) is 36.4 Å². The van der Waals surface area contributed by atoms with Gasteiger partial charge in [-0.05, 0) is 49.1 Å². The van der Waals surface area contributed by atoms with Crippen molar-refractivity contribution in [1.82, 2.24) is 9.55 Å². The van der Waals surface area contributed by atoms with Gasteiger partial charge in [-0.15, -0.1) is 11.8 Å². The van der Waals surface area contributed by atoms with Gasteiger partial charge in [-0.25, -0.2) is 4.79 Å². The maximum absolute atomic E-state index is 13.3. The molecular formula is C25H30N4O4S. The van der Waals surface area contributed by atoms with Crippen LogP contribution in [0.5, 0.6) is 0 Å². The molecule has 0 radical (unpaired) electrons. The van der Waals surface area contributed by atoms with E-state index in [9.17, 15) is 14.4 Å². The van der Waals surface area contributed by atoms with Crippen LogP contribution in [-0.4, -0.2) is 41.5 Å². The van der Waals surface area contributed by atoms with Gasteiger partial charge in [0.25, 0.3) is 5.56 Å². The molecular weight excluding hydrogens is 452 g/mol. The van der Waals surface area contributed by atoms with Gasteiger partial charge < -0.3 is 15.4 Å². The van der Waals surface area contributed by atoms with Crippen LogP contribution in [0.15, 0.2) is 63.0 Å². The molecule has 180 valence electrons. The summed E-state index contributed by atoms with van der Waals surface area (Å²) in [4.78, 5) is 43.3. The smallest absolute Gasteiger partial charge is 0.330 e. The number of carbonyl (C=O) groups excluding carboxylic acids is 1. The second-order valence-corrected chi connectivity index (χ2v) is 9.04. The SMILES string of the molecule is COCCCN(C(=O)CSc1ccc(C)c(C)c1)c1c(N)n(Cc2ccccc2)c(=O)[nH]c1=O. The van der Waals surface area contributed by atoms with E-state index in [1.165, 1.54) is 26.8 Å². The molecule has 1 aromatic heterocycles. The minimum atomic E-state index is -0.686. The molecule has 2 aromatic carbocycles. The molecule has 0 saturated heterocycles. The van der Waals surface area contributed by atoms with Crippen LogP contribution in [0.4, 0.5) is 11.5 Å². The molecule has 0 saturated carbocycles. The summed E-state index contributed by atoms with van der Waals surface area (Å²) in [6.45, 7) is 4.87. The minimum Gasteiger partial charge on any atom is -0.385 e. The zero-order valence-corrected chi connectivity index (χ0v) is 20.5. The summed E-state index contributed by atoms with van der Waals surface area (Å²) >= 11 is 1.39. The standard InChI is InChI=1S/C25H30N4O4S/c1-17-10-11-20(14-18(17)2)34-16-21(30)28(12-7-13-33-3)22-23(26)29(25(32)27-24(22)31)15-19-8-5-4-6-9-19/h4-6,8-11,14H,7,12-13,15-16,26H2,1-3H3,(H,27,31,32). The monoisotopic (exact) mass is 482 g/mol. The number of aryl methyl sites for hydroxylation is 2. The van der Waals surface area contributed by atoms with E-state index in [1.807, 2.05) is 62.4 Å². The summed E-state index contributed by atoms with van der Waals surface area (Å²) in [5.41, 5.74) is 8.17. The van der Waals surface area contributed by atoms with Gasteiger partial charge in [-0.3, -0.25) is 19.1 Å². The molecule has 3 rings (SSSR count). The van der Waals surface area contributed by atoms with Crippen LogP contribution >= 0.6 is 11.8 Å². The molecule has 0 atom stereocenters. The fraction of sp³-hybridized carbons (Fsp3) is 0.320. The maximum Gasteiger partial charge on any atom is 0.330 e. The third kappa shape index (κ3) is 6.18. The number of ether oxygens (including phenoxy) is 1. The van der Waals surface area contributed by atoms with Crippen molar-refractivity contribution in [1.29, 1.82) is 0 Å². The third-order valence-electron chi connectivity index (χ3n) is 5.54. The van der Waals surface area contributed by atoms with Crippen LogP contribution in [0, 0.1) is 13.8 Å². The molecule has 9 heteroatoms. The Morgan fingerprint density at radius 3 is 2.53 bits per heavy atom. The number of amides is 1. The van der Waals surface area contributed by atoms with Crippen molar-refractivity contribution in [3.63, 3.8) is 0 Å². The Morgan fingerprint density at radius 2 is 1.85 bits per heavy atom. The third-order valence-corrected chi connectivity index (χ3v) is 6.52. The lowest BCUT2D eigenvalue weighted by atomic mass is 10.1. The average Bonchev–Trinajstić information content (AvgIpc) is 2.82. The summed E-state index contributed by atoms with van der Waals surface area (Å²) in [5.74, 6) is -0.201. The summed E-state index contributed by atoms with van der Waals surface area (Å²) in [7, 11) is 1.57.